The molecule has 0 aliphatic heterocycles. The van der Waals surface area contributed by atoms with Crippen LogP contribution < -0.4 is 0 Å². The van der Waals surface area contributed by atoms with Crippen molar-refractivity contribution in [2.45, 2.75) is 99.3 Å². The van der Waals surface area contributed by atoms with E-state index in [0.717, 1.165) is 150 Å². The van der Waals surface area contributed by atoms with Crippen molar-refractivity contribution in [3.8, 4) is 101 Å². The molecule has 6 heterocycles. The number of hydrogen-bond acceptors (Lipinski definition) is 6. The van der Waals surface area contributed by atoms with Gasteiger partial charge in [-0.15, -0.1) is 53.1 Å². The fourth-order valence-electron chi connectivity index (χ4n) is 14.7. The third-order valence-corrected chi connectivity index (χ3v) is 20.9. The van der Waals surface area contributed by atoms with E-state index >= 15 is 0 Å². The third-order valence-electron chi connectivity index (χ3n) is 20.9. The average molecular weight is 1590 g/mol. The van der Waals surface area contributed by atoms with Crippen LogP contribution in [0.25, 0.3) is 166 Å². The summed E-state index contributed by atoms with van der Waals surface area (Å²) >= 11 is 0. The molecule has 12 aromatic carbocycles. The van der Waals surface area contributed by atoms with Crippen LogP contribution in [0.5, 0.6) is 0 Å². The number of aryl methyl sites for hydroxylation is 3. The molecule has 0 spiro atoms. The summed E-state index contributed by atoms with van der Waals surface area (Å²) in [7, 11) is 0. The number of rotatable bonds is 9. The smallest absolute Gasteiger partial charge is 0.501 e. The van der Waals surface area contributed by atoms with Gasteiger partial charge >= 0.3 is 20.1 Å². The summed E-state index contributed by atoms with van der Waals surface area (Å²) in [5.74, 6) is 0. The molecule has 534 valence electrons. The standard InChI is InChI=1S/3C34H28NO.Ir/c3*1-22-10-16-28(30-20-26(18-19-35-30)24-11-14-27(15-12-24)34(2,3)4)33-32(22)29-17-13-25(21-31(29)36-33)23-8-6-5-7-9-23;/h3*5-15,17-21H,1-4H3;/q3*-1;+3. The second-order valence-corrected chi connectivity index (χ2v) is 31.5. The fourth-order valence-corrected chi connectivity index (χ4v) is 14.7. The molecule has 0 unspecified atom stereocenters. The van der Waals surface area contributed by atoms with E-state index in [-0.39, 0.29) is 36.4 Å². The Balaban J connectivity index is 0.000000130. The van der Waals surface area contributed by atoms with Crippen LogP contribution in [0.1, 0.15) is 95.7 Å². The van der Waals surface area contributed by atoms with E-state index in [1.54, 1.807) is 0 Å². The molecule has 0 saturated carbocycles. The van der Waals surface area contributed by atoms with Gasteiger partial charge in [0.15, 0.2) is 0 Å². The summed E-state index contributed by atoms with van der Waals surface area (Å²) in [5, 5.41) is 6.73. The number of aromatic nitrogens is 3. The SMILES string of the molecule is Cc1c[c-]c(-c2cc(-c3ccc(C(C)(C)C)cc3)ccn2)c2oc3cc(-c4ccccc4)ccc3c12.Cc1c[c-]c(-c2cc(-c3ccc(C(C)(C)C)cc3)ccn2)c2oc3cc(-c4ccccc4)ccc3c12.Cc1c[c-]c(-c2cc(-c3ccc(C(C)(C)C)cc3)ccn2)c2oc3cc(-c4ccccc4)ccc3c12.[Ir+3]. The van der Waals surface area contributed by atoms with Crippen molar-refractivity contribution >= 4 is 65.8 Å². The van der Waals surface area contributed by atoms with Crippen LogP contribution in [0.4, 0.5) is 0 Å². The maximum absolute atomic E-state index is 6.51. The zero-order chi connectivity index (χ0) is 74.6. The van der Waals surface area contributed by atoms with Crippen LogP contribution in [0.15, 0.2) is 305 Å². The van der Waals surface area contributed by atoms with Gasteiger partial charge in [-0.05, 0) is 153 Å². The zero-order valence-electron chi connectivity index (χ0n) is 63.6. The first-order valence-electron chi connectivity index (χ1n) is 37.2. The van der Waals surface area contributed by atoms with Crippen LogP contribution in [0, 0.1) is 39.0 Å². The van der Waals surface area contributed by atoms with Gasteiger partial charge in [-0.25, -0.2) is 0 Å². The summed E-state index contributed by atoms with van der Waals surface area (Å²) in [4.78, 5) is 14.1. The number of nitrogens with zero attached hydrogens (tertiary/aromatic N) is 3. The Morgan fingerprint density at radius 3 is 0.734 bits per heavy atom. The summed E-state index contributed by atoms with van der Waals surface area (Å²) in [5.41, 5.74) is 32.1. The Bertz CT molecular complexity index is 5730. The number of furan rings is 3. The number of hydrogen-bond donors (Lipinski definition) is 0. The first kappa shape index (κ1) is 72.7. The molecule has 6 aromatic heterocycles. The molecule has 109 heavy (non-hydrogen) atoms. The van der Waals surface area contributed by atoms with Crippen molar-refractivity contribution in [1.82, 2.24) is 15.0 Å². The summed E-state index contributed by atoms with van der Waals surface area (Å²) in [6.07, 6.45) is 5.62. The number of pyridine rings is 3. The molecule has 0 N–H and O–H groups in total. The normalized spacial score (nSPS) is 11.8. The monoisotopic (exact) mass is 1590 g/mol. The van der Waals surface area contributed by atoms with E-state index in [1.807, 2.05) is 55.0 Å². The molecule has 0 aliphatic rings. The molecule has 0 fully saturated rings. The van der Waals surface area contributed by atoms with Gasteiger partial charge in [-0.2, -0.15) is 0 Å². The predicted octanol–water partition coefficient (Wildman–Crippen LogP) is 28.2. The van der Waals surface area contributed by atoms with E-state index < -0.39 is 0 Å². The number of fused-ring (bicyclic) bond motifs is 9. The van der Waals surface area contributed by atoms with Gasteiger partial charge in [0.05, 0.1) is 16.7 Å². The molecule has 0 saturated heterocycles. The van der Waals surface area contributed by atoms with Crippen LogP contribution in [-0.4, -0.2) is 15.0 Å². The first-order chi connectivity index (χ1) is 52.1. The van der Waals surface area contributed by atoms with E-state index in [0.29, 0.717) is 0 Å². The second kappa shape index (κ2) is 29.7. The Morgan fingerprint density at radius 1 is 0.257 bits per heavy atom. The first-order valence-corrected chi connectivity index (χ1v) is 37.2. The van der Waals surface area contributed by atoms with Gasteiger partial charge in [-0.1, -0.05) is 334 Å². The van der Waals surface area contributed by atoms with Gasteiger partial charge in [0.25, 0.3) is 0 Å². The molecule has 18 rings (SSSR count). The Labute approximate surface area is 652 Å². The van der Waals surface area contributed by atoms with Crippen molar-refractivity contribution in [1.29, 1.82) is 0 Å². The van der Waals surface area contributed by atoms with E-state index in [4.69, 9.17) is 28.2 Å². The van der Waals surface area contributed by atoms with Gasteiger partial charge in [0.2, 0.25) is 0 Å². The molecular weight excluding hydrogens is 1510 g/mol. The van der Waals surface area contributed by atoms with E-state index in [2.05, 4.69) is 338 Å². The quantitative estimate of drug-likeness (QED) is 0.134. The Kier molecular flexibility index (Phi) is 19.8. The number of benzene rings is 12. The minimum absolute atomic E-state index is 0. The maximum atomic E-state index is 6.51. The molecular formula is C102H84IrN3O3. The van der Waals surface area contributed by atoms with Crippen molar-refractivity contribution in [2.24, 2.45) is 0 Å². The van der Waals surface area contributed by atoms with Crippen molar-refractivity contribution < 1.29 is 33.4 Å². The molecule has 0 bridgehead atoms. The van der Waals surface area contributed by atoms with E-state index in [1.165, 1.54) is 50.1 Å². The molecule has 7 heteroatoms. The van der Waals surface area contributed by atoms with Crippen LogP contribution >= 0.6 is 0 Å². The molecule has 18 aromatic rings. The van der Waals surface area contributed by atoms with Crippen molar-refractivity contribution in [3.63, 3.8) is 0 Å². The Hall–Kier alpha value is -11.9. The van der Waals surface area contributed by atoms with Gasteiger partial charge < -0.3 is 28.2 Å². The van der Waals surface area contributed by atoms with Gasteiger partial charge in [-0.3, -0.25) is 0 Å². The van der Waals surface area contributed by atoms with E-state index in [9.17, 15) is 0 Å². The largest absolute Gasteiger partial charge is 3.00 e. The van der Waals surface area contributed by atoms with Crippen molar-refractivity contribution in [3.05, 3.63) is 343 Å². The van der Waals surface area contributed by atoms with Crippen LogP contribution in [0.3, 0.4) is 0 Å². The summed E-state index contributed by atoms with van der Waals surface area (Å²) in [6, 6.07) is 106. The fraction of sp³-hybridized carbons (Fsp3) is 0.147. The molecule has 0 aliphatic carbocycles. The summed E-state index contributed by atoms with van der Waals surface area (Å²) < 4.78 is 19.5. The maximum Gasteiger partial charge on any atom is 3.00 e. The summed E-state index contributed by atoms with van der Waals surface area (Å²) in [6.45, 7) is 26.5. The molecule has 6 nitrogen and oxygen atoms in total. The zero-order valence-corrected chi connectivity index (χ0v) is 66.0. The van der Waals surface area contributed by atoms with Crippen LogP contribution in [0.2, 0.25) is 0 Å². The van der Waals surface area contributed by atoms with Gasteiger partial charge in [0.1, 0.15) is 16.7 Å². The molecule has 0 atom stereocenters. The van der Waals surface area contributed by atoms with Crippen molar-refractivity contribution in [2.75, 3.05) is 0 Å². The molecule has 0 radical (unpaired) electrons. The minimum Gasteiger partial charge on any atom is -0.501 e. The topological polar surface area (TPSA) is 78.1 Å². The van der Waals surface area contributed by atoms with Crippen LogP contribution in [-0.2, 0) is 36.4 Å². The Morgan fingerprint density at radius 2 is 0.486 bits per heavy atom. The second-order valence-electron chi connectivity index (χ2n) is 31.5. The minimum atomic E-state index is 0. The third kappa shape index (κ3) is 14.8. The van der Waals surface area contributed by atoms with Gasteiger partial charge in [0, 0.05) is 34.7 Å². The predicted molar refractivity (Wildman–Crippen MR) is 450 cm³/mol. The molecule has 0 amide bonds. The average Bonchev–Trinajstić information content (AvgIpc) is 1.62.